The Labute approximate surface area is 177 Å². The number of aromatic amines is 1. The minimum atomic E-state index is -0.411. The zero-order chi connectivity index (χ0) is 21.4. The average molecular weight is 420 g/mol. The second-order valence-corrected chi connectivity index (χ2v) is 7.77. The zero-order valence-electron chi connectivity index (χ0n) is 17.0. The van der Waals surface area contributed by atoms with Crippen molar-refractivity contribution >= 4 is 17.1 Å². The number of carbonyl (C=O) groups excluding carboxylic acids is 1. The van der Waals surface area contributed by atoms with E-state index in [4.69, 9.17) is 0 Å². The van der Waals surface area contributed by atoms with Crippen LogP contribution in [0.4, 0.5) is 4.39 Å². The Hall–Kier alpha value is -3.69. The van der Waals surface area contributed by atoms with Crippen molar-refractivity contribution in [1.29, 1.82) is 0 Å². The van der Waals surface area contributed by atoms with Crippen LogP contribution < -0.4 is 5.32 Å². The van der Waals surface area contributed by atoms with Crippen molar-refractivity contribution in [2.75, 3.05) is 0 Å². The van der Waals surface area contributed by atoms with Crippen LogP contribution in [0.25, 0.3) is 22.4 Å². The van der Waals surface area contributed by atoms with Gasteiger partial charge in [0.05, 0.1) is 6.20 Å². The lowest BCUT2D eigenvalue weighted by atomic mass is 10.1. The molecule has 0 unspecified atom stereocenters. The summed E-state index contributed by atoms with van der Waals surface area (Å²) in [4.78, 5) is 30.4. The van der Waals surface area contributed by atoms with Crippen LogP contribution in [0.1, 0.15) is 53.5 Å². The molecule has 4 aromatic rings. The van der Waals surface area contributed by atoms with E-state index in [1.807, 2.05) is 0 Å². The Balaban J connectivity index is 1.36. The minimum absolute atomic E-state index is 0.138. The number of fused-ring (bicyclic) bond motifs is 1. The summed E-state index contributed by atoms with van der Waals surface area (Å²) >= 11 is 0. The lowest BCUT2D eigenvalue weighted by Gasteiger charge is -2.07. The first kappa shape index (κ1) is 19.3. The molecular weight excluding hydrogens is 399 g/mol. The number of hydrogen-bond donors (Lipinski definition) is 2. The first-order valence-corrected chi connectivity index (χ1v) is 10.2. The second-order valence-electron chi connectivity index (χ2n) is 7.77. The fourth-order valence-corrected chi connectivity index (χ4v) is 4.06. The first-order valence-electron chi connectivity index (χ1n) is 10.2. The third-order valence-corrected chi connectivity index (χ3v) is 5.57. The van der Waals surface area contributed by atoms with Gasteiger partial charge in [-0.3, -0.25) is 4.79 Å². The lowest BCUT2D eigenvalue weighted by Crippen LogP contribution is -2.24. The Morgan fingerprint density at radius 2 is 2.10 bits per heavy atom. The molecule has 3 heterocycles. The monoisotopic (exact) mass is 420 g/mol. The summed E-state index contributed by atoms with van der Waals surface area (Å²) in [5, 5.41) is 11.0. The van der Waals surface area contributed by atoms with Gasteiger partial charge < -0.3 is 10.3 Å². The lowest BCUT2D eigenvalue weighted by molar-refractivity contribution is 0.0947. The number of H-pyrrole nitrogens is 1. The van der Waals surface area contributed by atoms with E-state index in [-0.39, 0.29) is 18.1 Å². The van der Waals surface area contributed by atoms with Crippen molar-refractivity contribution in [3.63, 3.8) is 0 Å². The van der Waals surface area contributed by atoms with Gasteiger partial charge in [0.2, 0.25) is 0 Å². The number of aromatic nitrogens is 7. The molecule has 31 heavy (non-hydrogen) atoms. The number of hydrogen-bond acceptors (Lipinski definition) is 6. The molecule has 158 valence electrons. The minimum Gasteiger partial charge on any atom is -0.347 e. The predicted octanol–water partition coefficient (Wildman–Crippen LogP) is 2.88. The summed E-state index contributed by atoms with van der Waals surface area (Å²) in [6.07, 6.45) is 7.45. The molecule has 0 spiro atoms. The molecule has 0 aliphatic heterocycles. The summed E-state index contributed by atoms with van der Waals surface area (Å²) in [6.45, 7) is 0.138. The van der Waals surface area contributed by atoms with Crippen LogP contribution in [-0.2, 0) is 13.6 Å². The molecule has 9 nitrogen and oxygen atoms in total. The Kier molecular flexibility index (Phi) is 4.89. The third-order valence-electron chi connectivity index (χ3n) is 5.57. The van der Waals surface area contributed by atoms with E-state index in [0.717, 1.165) is 18.7 Å². The number of rotatable bonds is 5. The van der Waals surface area contributed by atoms with E-state index >= 15 is 0 Å². The third kappa shape index (κ3) is 3.88. The number of halogens is 1. The van der Waals surface area contributed by atoms with E-state index < -0.39 is 5.82 Å². The molecule has 5 rings (SSSR count). The van der Waals surface area contributed by atoms with Crippen LogP contribution in [0.5, 0.6) is 0 Å². The number of imidazole rings is 1. The normalized spacial score (nSPS) is 14.4. The van der Waals surface area contributed by atoms with Crippen LogP contribution in [0.15, 0.2) is 30.7 Å². The van der Waals surface area contributed by atoms with Gasteiger partial charge in [-0.05, 0) is 36.6 Å². The van der Waals surface area contributed by atoms with E-state index in [0.29, 0.717) is 33.9 Å². The van der Waals surface area contributed by atoms with Gasteiger partial charge in [0.25, 0.3) is 5.91 Å². The highest BCUT2D eigenvalue weighted by Gasteiger charge is 2.23. The fraction of sp³-hybridized carbons (Fsp3) is 0.333. The second kappa shape index (κ2) is 7.86. The molecule has 1 aliphatic rings. The Morgan fingerprint density at radius 1 is 1.26 bits per heavy atom. The van der Waals surface area contributed by atoms with Gasteiger partial charge in [0, 0.05) is 25.1 Å². The number of carbonyl (C=O) groups is 1. The van der Waals surface area contributed by atoms with Crippen molar-refractivity contribution in [3.8, 4) is 11.3 Å². The SMILES string of the molecule is Cn1ncc(-c2cc(F)cc(CNC(=O)c3ncnc4nc(C5CCCC5)[nH]c34)c2)n1. The number of benzene rings is 1. The average Bonchev–Trinajstić information content (AvgIpc) is 3.51. The molecule has 0 atom stereocenters. The highest BCUT2D eigenvalue weighted by atomic mass is 19.1. The van der Waals surface area contributed by atoms with Crippen molar-refractivity contribution in [2.45, 2.75) is 38.1 Å². The maximum Gasteiger partial charge on any atom is 0.272 e. The van der Waals surface area contributed by atoms with Crippen LogP contribution in [0.2, 0.25) is 0 Å². The molecular formula is C21H21FN8O. The summed E-state index contributed by atoms with van der Waals surface area (Å²) in [5.41, 5.74) is 3.00. The molecule has 0 saturated heterocycles. The molecule has 0 bridgehead atoms. The standard InChI is InChI=1S/C21H21FN8O/c1-30-26-10-16(29-30)14-6-12(7-15(22)8-14)9-23-21(31)18-17-20(25-11-24-18)28-19(27-17)13-4-2-3-5-13/h6-8,10-11,13H,2-5,9H2,1H3,(H,23,31)(H,24,25,27,28). The van der Waals surface area contributed by atoms with Crippen molar-refractivity contribution in [1.82, 2.24) is 40.2 Å². The Bertz CT molecular complexity index is 1260. The highest BCUT2D eigenvalue weighted by Crippen LogP contribution is 2.33. The molecule has 3 aromatic heterocycles. The van der Waals surface area contributed by atoms with E-state index in [1.54, 1.807) is 19.3 Å². The van der Waals surface area contributed by atoms with E-state index in [9.17, 15) is 9.18 Å². The van der Waals surface area contributed by atoms with E-state index in [1.165, 1.54) is 36.1 Å². The molecule has 10 heteroatoms. The van der Waals surface area contributed by atoms with Crippen LogP contribution in [0.3, 0.4) is 0 Å². The summed E-state index contributed by atoms with van der Waals surface area (Å²) < 4.78 is 14.1. The summed E-state index contributed by atoms with van der Waals surface area (Å²) in [6, 6.07) is 4.54. The van der Waals surface area contributed by atoms with Crippen LogP contribution in [-0.4, -0.2) is 40.8 Å². The maximum absolute atomic E-state index is 14.1. The van der Waals surface area contributed by atoms with Gasteiger partial charge in [-0.1, -0.05) is 12.8 Å². The van der Waals surface area contributed by atoms with Gasteiger partial charge in [-0.2, -0.15) is 15.0 Å². The number of nitrogens with one attached hydrogen (secondary N) is 2. The predicted molar refractivity (Wildman–Crippen MR) is 110 cm³/mol. The summed E-state index contributed by atoms with van der Waals surface area (Å²) in [5.74, 6) is 0.448. The number of amides is 1. The molecule has 1 fully saturated rings. The van der Waals surface area contributed by atoms with E-state index in [2.05, 4.69) is 35.5 Å². The molecule has 0 radical (unpaired) electrons. The van der Waals surface area contributed by atoms with Gasteiger partial charge in [0.15, 0.2) is 11.3 Å². The zero-order valence-corrected chi connectivity index (χ0v) is 17.0. The highest BCUT2D eigenvalue weighted by molar-refractivity contribution is 6.02. The smallest absolute Gasteiger partial charge is 0.272 e. The summed E-state index contributed by atoms with van der Waals surface area (Å²) in [7, 11) is 1.69. The number of aryl methyl sites for hydroxylation is 1. The molecule has 1 amide bonds. The van der Waals surface area contributed by atoms with Gasteiger partial charge >= 0.3 is 0 Å². The first-order chi connectivity index (χ1) is 15.1. The van der Waals surface area contributed by atoms with Crippen molar-refractivity contribution in [3.05, 3.63) is 53.6 Å². The van der Waals surface area contributed by atoms with Crippen molar-refractivity contribution < 1.29 is 9.18 Å². The number of nitrogens with zero attached hydrogens (tertiary/aromatic N) is 6. The van der Waals surface area contributed by atoms with Gasteiger partial charge in [-0.15, -0.1) is 0 Å². The molecule has 1 aliphatic carbocycles. The fourth-order valence-electron chi connectivity index (χ4n) is 4.06. The van der Waals surface area contributed by atoms with Gasteiger partial charge in [-0.25, -0.2) is 19.3 Å². The Morgan fingerprint density at radius 3 is 2.87 bits per heavy atom. The van der Waals surface area contributed by atoms with Crippen molar-refractivity contribution in [2.24, 2.45) is 7.05 Å². The maximum atomic E-state index is 14.1. The van der Waals surface area contributed by atoms with Crippen LogP contribution >= 0.6 is 0 Å². The quantitative estimate of drug-likeness (QED) is 0.513. The molecule has 1 aromatic carbocycles. The largest absolute Gasteiger partial charge is 0.347 e. The topological polar surface area (TPSA) is 114 Å². The molecule has 2 N–H and O–H groups in total. The van der Waals surface area contributed by atoms with Crippen LogP contribution in [0, 0.1) is 5.82 Å². The van der Waals surface area contributed by atoms with Gasteiger partial charge in [0.1, 0.15) is 29.2 Å². The molecule has 1 saturated carbocycles.